The molecule has 0 aromatic heterocycles. The van der Waals surface area contributed by atoms with E-state index in [4.69, 9.17) is 11.6 Å². The van der Waals surface area contributed by atoms with Crippen LogP contribution in [0.3, 0.4) is 0 Å². The van der Waals surface area contributed by atoms with Gasteiger partial charge in [-0.2, -0.15) is 0 Å². The molecule has 0 heterocycles. The number of hydrogen-bond donors (Lipinski definition) is 2. The number of aliphatic hydroxyl groups is 1. The first-order chi connectivity index (χ1) is 8.63. The Labute approximate surface area is 114 Å². The highest BCUT2D eigenvalue weighted by atomic mass is 35.5. The monoisotopic (exact) mass is 267 g/mol. The van der Waals surface area contributed by atoms with Crippen LogP contribution >= 0.6 is 11.6 Å². The van der Waals surface area contributed by atoms with Crippen molar-refractivity contribution in [2.24, 2.45) is 0 Å². The van der Waals surface area contributed by atoms with Gasteiger partial charge in [0.15, 0.2) is 0 Å². The lowest BCUT2D eigenvalue weighted by molar-refractivity contribution is 0.0446. The van der Waals surface area contributed by atoms with E-state index < -0.39 is 5.60 Å². The molecule has 1 aromatic rings. The van der Waals surface area contributed by atoms with E-state index in [-0.39, 0.29) is 6.04 Å². The van der Waals surface area contributed by atoms with Crippen LogP contribution in [0.15, 0.2) is 24.3 Å². The van der Waals surface area contributed by atoms with Crippen molar-refractivity contribution in [3.63, 3.8) is 0 Å². The molecule has 0 amide bonds. The van der Waals surface area contributed by atoms with Crippen molar-refractivity contribution >= 4 is 11.6 Å². The molecule has 0 aliphatic heterocycles. The summed E-state index contributed by atoms with van der Waals surface area (Å²) >= 11 is 6.02. The number of benzene rings is 1. The molecule has 0 saturated heterocycles. The highest BCUT2D eigenvalue weighted by Crippen LogP contribution is 2.30. The van der Waals surface area contributed by atoms with E-state index in [1.54, 1.807) is 0 Å². The lowest BCUT2D eigenvalue weighted by atomic mass is 9.99. The smallest absolute Gasteiger partial charge is 0.0771 e. The molecular formula is C15H22ClNO. The van der Waals surface area contributed by atoms with Crippen LogP contribution in [0.4, 0.5) is 0 Å². The molecule has 3 heteroatoms. The standard InChI is InChI=1S/C15H22ClNO/c1-2-14(12-6-5-7-13(16)10-12)17-11-15(18)8-3-4-9-15/h5-7,10,14,17-18H,2-4,8-9,11H2,1H3. The molecule has 0 bridgehead atoms. The fraction of sp³-hybridized carbons (Fsp3) is 0.600. The highest BCUT2D eigenvalue weighted by Gasteiger charge is 2.31. The normalized spacial score (nSPS) is 19.9. The molecule has 2 rings (SSSR count). The van der Waals surface area contributed by atoms with Crippen LogP contribution < -0.4 is 5.32 Å². The van der Waals surface area contributed by atoms with Crippen molar-refractivity contribution < 1.29 is 5.11 Å². The van der Waals surface area contributed by atoms with Crippen molar-refractivity contribution in [2.75, 3.05) is 6.54 Å². The molecule has 1 fully saturated rings. The van der Waals surface area contributed by atoms with Crippen molar-refractivity contribution in [3.8, 4) is 0 Å². The van der Waals surface area contributed by atoms with E-state index >= 15 is 0 Å². The average Bonchev–Trinajstić information content (AvgIpc) is 2.77. The fourth-order valence-electron chi connectivity index (χ4n) is 2.74. The first-order valence-electron chi connectivity index (χ1n) is 6.84. The zero-order valence-corrected chi connectivity index (χ0v) is 11.7. The molecule has 1 atom stereocenters. The van der Waals surface area contributed by atoms with Crippen molar-refractivity contribution in [2.45, 2.75) is 50.7 Å². The van der Waals surface area contributed by atoms with E-state index in [0.717, 1.165) is 37.1 Å². The summed E-state index contributed by atoms with van der Waals surface area (Å²) in [7, 11) is 0. The minimum Gasteiger partial charge on any atom is -0.389 e. The lowest BCUT2D eigenvalue weighted by Crippen LogP contribution is -2.39. The first-order valence-corrected chi connectivity index (χ1v) is 7.22. The third-order valence-corrected chi connectivity index (χ3v) is 4.11. The molecule has 1 saturated carbocycles. The SMILES string of the molecule is CCC(NCC1(O)CCCC1)c1cccc(Cl)c1. The molecule has 1 unspecified atom stereocenters. The maximum absolute atomic E-state index is 10.3. The summed E-state index contributed by atoms with van der Waals surface area (Å²) in [6.07, 6.45) is 5.13. The molecule has 2 nitrogen and oxygen atoms in total. The van der Waals surface area contributed by atoms with Gasteiger partial charge >= 0.3 is 0 Å². The Bertz CT molecular complexity index is 388. The van der Waals surface area contributed by atoms with Gasteiger partial charge < -0.3 is 10.4 Å². The Hall–Kier alpha value is -0.570. The van der Waals surface area contributed by atoms with Crippen molar-refractivity contribution in [1.82, 2.24) is 5.32 Å². The molecule has 1 aliphatic rings. The van der Waals surface area contributed by atoms with E-state index in [9.17, 15) is 5.11 Å². The minimum absolute atomic E-state index is 0.272. The van der Waals surface area contributed by atoms with Gasteiger partial charge in [-0.1, -0.05) is 43.5 Å². The number of rotatable bonds is 5. The van der Waals surface area contributed by atoms with Crippen molar-refractivity contribution in [1.29, 1.82) is 0 Å². The molecule has 100 valence electrons. The van der Waals surface area contributed by atoms with Gasteiger partial charge in [0.05, 0.1) is 5.60 Å². The van der Waals surface area contributed by atoms with E-state index in [1.807, 2.05) is 18.2 Å². The van der Waals surface area contributed by atoms with Gasteiger partial charge in [0, 0.05) is 17.6 Å². The zero-order valence-electron chi connectivity index (χ0n) is 11.0. The third-order valence-electron chi connectivity index (χ3n) is 3.87. The fourth-order valence-corrected chi connectivity index (χ4v) is 2.94. The lowest BCUT2D eigenvalue weighted by Gasteiger charge is -2.26. The molecule has 0 radical (unpaired) electrons. The Morgan fingerprint density at radius 2 is 2.11 bits per heavy atom. The van der Waals surface area contributed by atoms with Gasteiger partial charge in [-0.15, -0.1) is 0 Å². The average molecular weight is 268 g/mol. The summed E-state index contributed by atoms with van der Waals surface area (Å²) in [5.41, 5.74) is 0.707. The maximum Gasteiger partial charge on any atom is 0.0771 e. The van der Waals surface area contributed by atoms with E-state index in [1.165, 1.54) is 5.56 Å². The second kappa shape index (κ2) is 6.05. The van der Waals surface area contributed by atoms with E-state index in [2.05, 4.69) is 18.3 Å². The van der Waals surface area contributed by atoms with Crippen LogP contribution in [0.2, 0.25) is 5.02 Å². The summed E-state index contributed by atoms with van der Waals surface area (Å²) in [5, 5.41) is 14.6. The summed E-state index contributed by atoms with van der Waals surface area (Å²) in [6, 6.07) is 8.23. The van der Waals surface area contributed by atoms with Crippen LogP contribution in [-0.2, 0) is 0 Å². The summed E-state index contributed by atoms with van der Waals surface area (Å²) in [5.74, 6) is 0. The number of halogens is 1. The van der Waals surface area contributed by atoms with Crippen LogP contribution in [-0.4, -0.2) is 17.3 Å². The Morgan fingerprint density at radius 3 is 2.72 bits per heavy atom. The van der Waals surface area contributed by atoms with Crippen LogP contribution in [0.25, 0.3) is 0 Å². The van der Waals surface area contributed by atoms with Gasteiger partial charge in [-0.25, -0.2) is 0 Å². The number of nitrogens with one attached hydrogen (secondary N) is 1. The van der Waals surface area contributed by atoms with Crippen LogP contribution in [0.5, 0.6) is 0 Å². The van der Waals surface area contributed by atoms with E-state index in [0.29, 0.717) is 6.54 Å². The predicted molar refractivity (Wildman–Crippen MR) is 75.9 cm³/mol. The third kappa shape index (κ3) is 3.47. The second-order valence-corrected chi connectivity index (χ2v) is 5.76. The predicted octanol–water partition coefficient (Wildman–Crippen LogP) is 3.69. The van der Waals surface area contributed by atoms with Gasteiger partial charge in [-0.3, -0.25) is 0 Å². The molecular weight excluding hydrogens is 246 g/mol. The van der Waals surface area contributed by atoms with Crippen LogP contribution in [0.1, 0.15) is 50.6 Å². The quantitative estimate of drug-likeness (QED) is 0.853. The molecule has 1 aliphatic carbocycles. The summed E-state index contributed by atoms with van der Waals surface area (Å²) < 4.78 is 0. The minimum atomic E-state index is -0.494. The molecule has 0 spiro atoms. The van der Waals surface area contributed by atoms with Gasteiger partial charge in [0.1, 0.15) is 0 Å². The second-order valence-electron chi connectivity index (χ2n) is 5.33. The van der Waals surface area contributed by atoms with Crippen molar-refractivity contribution in [3.05, 3.63) is 34.9 Å². The summed E-state index contributed by atoms with van der Waals surface area (Å²) in [6.45, 7) is 2.83. The van der Waals surface area contributed by atoms with Crippen LogP contribution in [0, 0.1) is 0 Å². The Balaban J connectivity index is 1.97. The Kier molecular flexibility index (Phi) is 4.66. The van der Waals surface area contributed by atoms with Gasteiger partial charge in [-0.05, 0) is 37.0 Å². The van der Waals surface area contributed by atoms with Gasteiger partial charge in [0.2, 0.25) is 0 Å². The first kappa shape index (κ1) is 13.9. The Morgan fingerprint density at radius 1 is 1.39 bits per heavy atom. The van der Waals surface area contributed by atoms with Gasteiger partial charge in [0.25, 0.3) is 0 Å². The summed E-state index contributed by atoms with van der Waals surface area (Å²) in [4.78, 5) is 0. The largest absolute Gasteiger partial charge is 0.389 e. The zero-order chi connectivity index (χ0) is 13.0. The topological polar surface area (TPSA) is 32.3 Å². The molecule has 18 heavy (non-hydrogen) atoms. The highest BCUT2D eigenvalue weighted by molar-refractivity contribution is 6.30. The molecule has 1 aromatic carbocycles. The maximum atomic E-state index is 10.3. The molecule has 2 N–H and O–H groups in total. The number of hydrogen-bond acceptors (Lipinski definition) is 2.